The summed E-state index contributed by atoms with van der Waals surface area (Å²) in [5.74, 6) is 1.30. The Morgan fingerprint density at radius 3 is 2.62 bits per heavy atom. The first-order chi connectivity index (χ1) is 10.2. The first-order valence-electron chi connectivity index (χ1n) is 7.62. The Morgan fingerprint density at radius 1 is 1.24 bits per heavy atom. The van der Waals surface area contributed by atoms with Crippen molar-refractivity contribution in [3.8, 4) is 0 Å². The van der Waals surface area contributed by atoms with Gasteiger partial charge in [0.2, 0.25) is 0 Å². The Hall–Kier alpha value is -0.610. The third kappa shape index (κ3) is 3.11. The van der Waals surface area contributed by atoms with Crippen LogP contribution in [0.3, 0.4) is 0 Å². The molecule has 2 nitrogen and oxygen atoms in total. The largest absolute Gasteiger partial charge is 0.325 e. The molecule has 1 saturated carbocycles. The van der Waals surface area contributed by atoms with Gasteiger partial charge >= 0.3 is 0 Å². The van der Waals surface area contributed by atoms with Gasteiger partial charge in [-0.1, -0.05) is 25.7 Å². The van der Waals surface area contributed by atoms with Gasteiger partial charge in [0.25, 0.3) is 0 Å². The molecule has 114 valence electrons. The molecule has 1 aromatic carbocycles. The van der Waals surface area contributed by atoms with E-state index in [0.29, 0.717) is 16.4 Å². The van der Waals surface area contributed by atoms with Gasteiger partial charge in [-0.3, -0.25) is 0 Å². The zero-order chi connectivity index (χ0) is 14.8. The van der Waals surface area contributed by atoms with Crippen LogP contribution in [0.2, 0.25) is 0 Å². The molecule has 0 atom stereocenters. The van der Waals surface area contributed by atoms with E-state index in [2.05, 4.69) is 20.5 Å². The molecule has 21 heavy (non-hydrogen) atoms. The highest BCUT2D eigenvalue weighted by atomic mass is 79.9. The van der Waals surface area contributed by atoms with Gasteiger partial charge in [0.05, 0.1) is 15.5 Å². The molecule has 0 amide bonds. The number of nitrogens with zero attached hydrogens (tertiary/aromatic N) is 2. The topological polar surface area (TPSA) is 17.8 Å². The molecular weight excluding hydrogens is 355 g/mol. The van der Waals surface area contributed by atoms with E-state index in [1.165, 1.54) is 25.7 Å². The number of hydrogen-bond acceptors (Lipinski definition) is 1. The maximum atomic E-state index is 14.0. The van der Waals surface area contributed by atoms with E-state index in [-0.39, 0.29) is 5.82 Å². The van der Waals surface area contributed by atoms with Crippen molar-refractivity contribution in [2.45, 2.75) is 51.0 Å². The van der Waals surface area contributed by atoms with E-state index in [4.69, 9.17) is 16.6 Å². The van der Waals surface area contributed by atoms with Crippen molar-refractivity contribution in [2.24, 2.45) is 0 Å². The zero-order valence-corrected chi connectivity index (χ0v) is 14.3. The van der Waals surface area contributed by atoms with Gasteiger partial charge in [0, 0.05) is 24.4 Å². The minimum Gasteiger partial charge on any atom is -0.325 e. The summed E-state index contributed by atoms with van der Waals surface area (Å²) in [4.78, 5) is 4.69. The third-order valence-corrected chi connectivity index (χ3v) is 5.11. The van der Waals surface area contributed by atoms with Crippen molar-refractivity contribution in [1.29, 1.82) is 0 Å². The summed E-state index contributed by atoms with van der Waals surface area (Å²) < 4.78 is 16.7. The fraction of sp³-hybridized carbons (Fsp3) is 0.562. The molecule has 2 aromatic rings. The molecule has 1 aliphatic carbocycles. The molecule has 1 heterocycles. The van der Waals surface area contributed by atoms with Gasteiger partial charge < -0.3 is 4.57 Å². The molecular formula is C16H19BrClFN2. The summed E-state index contributed by atoms with van der Waals surface area (Å²) in [6.07, 6.45) is 8.11. The number of halogens is 3. The van der Waals surface area contributed by atoms with Crippen molar-refractivity contribution in [2.75, 3.05) is 5.88 Å². The van der Waals surface area contributed by atoms with Gasteiger partial charge in [0.1, 0.15) is 11.6 Å². The van der Waals surface area contributed by atoms with E-state index >= 15 is 0 Å². The molecule has 0 aliphatic heterocycles. The van der Waals surface area contributed by atoms with E-state index in [1.807, 2.05) is 0 Å². The SMILES string of the molecule is Fc1cc2c(cc1Br)nc(CCCl)n2C1CCCCCC1. The molecule has 1 fully saturated rings. The van der Waals surface area contributed by atoms with Crippen LogP contribution in [-0.2, 0) is 6.42 Å². The first kappa shape index (κ1) is 15.3. The number of aromatic nitrogens is 2. The van der Waals surface area contributed by atoms with Gasteiger partial charge in [-0.05, 0) is 34.8 Å². The highest BCUT2D eigenvalue weighted by Gasteiger charge is 2.21. The average molecular weight is 374 g/mol. The number of fused-ring (bicyclic) bond motifs is 1. The molecule has 0 saturated heterocycles. The first-order valence-corrected chi connectivity index (χ1v) is 8.95. The van der Waals surface area contributed by atoms with Crippen LogP contribution in [0.15, 0.2) is 16.6 Å². The summed E-state index contributed by atoms with van der Waals surface area (Å²) in [7, 11) is 0. The Balaban J connectivity index is 2.12. The van der Waals surface area contributed by atoms with E-state index in [1.54, 1.807) is 12.1 Å². The minimum absolute atomic E-state index is 0.227. The molecule has 0 N–H and O–H groups in total. The fourth-order valence-electron chi connectivity index (χ4n) is 3.32. The number of hydrogen-bond donors (Lipinski definition) is 0. The fourth-order valence-corrected chi connectivity index (χ4v) is 3.82. The van der Waals surface area contributed by atoms with Crippen LogP contribution in [0.1, 0.15) is 50.4 Å². The summed E-state index contributed by atoms with van der Waals surface area (Å²) >= 11 is 9.18. The molecule has 3 rings (SSSR count). The van der Waals surface area contributed by atoms with E-state index < -0.39 is 0 Å². The number of rotatable bonds is 3. The molecule has 0 radical (unpaired) electrons. The monoisotopic (exact) mass is 372 g/mol. The molecule has 5 heteroatoms. The van der Waals surface area contributed by atoms with Gasteiger partial charge in [-0.25, -0.2) is 9.37 Å². The van der Waals surface area contributed by atoms with Crippen LogP contribution in [0, 0.1) is 5.82 Å². The van der Waals surface area contributed by atoms with Crippen molar-refractivity contribution >= 4 is 38.6 Å². The Labute approximate surface area is 137 Å². The maximum absolute atomic E-state index is 14.0. The summed E-state index contributed by atoms with van der Waals surface area (Å²) in [6, 6.07) is 3.81. The highest BCUT2D eigenvalue weighted by molar-refractivity contribution is 9.10. The second-order valence-corrected chi connectivity index (χ2v) is 6.97. The maximum Gasteiger partial charge on any atom is 0.139 e. The van der Waals surface area contributed by atoms with Crippen LogP contribution >= 0.6 is 27.5 Å². The lowest BCUT2D eigenvalue weighted by Crippen LogP contribution is -2.12. The molecule has 1 aromatic heterocycles. The van der Waals surface area contributed by atoms with E-state index in [0.717, 1.165) is 36.1 Å². The second-order valence-electron chi connectivity index (χ2n) is 5.74. The summed E-state index contributed by atoms with van der Waals surface area (Å²) in [5.41, 5.74) is 1.76. The predicted octanol–water partition coefficient (Wildman–Crippen LogP) is 5.61. The highest BCUT2D eigenvalue weighted by Crippen LogP contribution is 2.33. The predicted molar refractivity (Wildman–Crippen MR) is 88.6 cm³/mol. The molecule has 1 aliphatic rings. The Bertz CT molecular complexity index is 633. The Morgan fingerprint density at radius 2 is 1.95 bits per heavy atom. The number of benzene rings is 1. The molecule has 0 bridgehead atoms. The zero-order valence-electron chi connectivity index (χ0n) is 11.9. The lowest BCUT2D eigenvalue weighted by atomic mass is 10.1. The summed E-state index contributed by atoms with van der Waals surface area (Å²) in [5, 5.41) is 0. The van der Waals surface area contributed by atoms with Crippen molar-refractivity contribution in [3.05, 3.63) is 28.2 Å². The van der Waals surface area contributed by atoms with Crippen LogP contribution < -0.4 is 0 Å². The van der Waals surface area contributed by atoms with Crippen molar-refractivity contribution < 1.29 is 4.39 Å². The van der Waals surface area contributed by atoms with Crippen LogP contribution in [-0.4, -0.2) is 15.4 Å². The smallest absolute Gasteiger partial charge is 0.139 e. The summed E-state index contributed by atoms with van der Waals surface area (Å²) in [6.45, 7) is 0. The van der Waals surface area contributed by atoms with E-state index in [9.17, 15) is 4.39 Å². The van der Waals surface area contributed by atoms with Crippen molar-refractivity contribution in [1.82, 2.24) is 9.55 Å². The van der Waals surface area contributed by atoms with Crippen LogP contribution in [0.25, 0.3) is 11.0 Å². The van der Waals surface area contributed by atoms with Gasteiger partial charge in [-0.15, -0.1) is 11.6 Å². The quantitative estimate of drug-likeness (QED) is 0.505. The van der Waals surface area contributed by atoms with Crippen molar-refractivity contribution in [3.63, 3.8) is 0 Å². The molecule has 0 unspecified atom stereocenters. The van der Waals surface area contributed by atoms with Gasteiger partial charge in [0.15, 0.2) is 0 Å². The Kier molecular flexibility index (Phi) is 4.85. The van der Waals surface area contributed by atoms with Crippen LogP contribution in [0.4, 0.5) is 4.39 Å². The molecule has 0 spiro atoms. The normalized spacial score (nSPS) is 17.3. The number of alkyl halides is 1. The van der Waals surface area contributed by atoms with Crippen LogP contribution in [0.5, 0.6) is 0 Å². The second kappa shape index (κ2) is 6.66. The average Bonchev–Trinajstić information content (AvgIpc) is 2.66. The third-order valence-electron chi connectivity index (χ3n) is 4.31. The minimum atomic E-state index is -0.227. The standard InChI is InChI=1S/C16H19BrClFN2/c17-12-9-14-15(10-13(12)19)21(16(20-14)7-8-18)11-5-3-1-2-4-6-11/h9-11H,1-8H2. The van der Waals surface area contributed by atoms with Gasteiger partial charge in [-0.2, -0.15) is 0 Å². The lowest BCUT2D eigenvalue weighted by Gasteiger charge is -2.20. The lowest BCUT2D eigenvalue weighted by molar-refractivity contribution is 0.441. The number of imidazole rings is 1. The number of aryl methyl sites for hydroxylation is 1.